The number of anilines is 3. The van der Waals surface area contributed by atoms with E-state index in [1.807, 2.05) is 19.1 Å². The Kier molecular flexibility index (Phi) is 7.81. The Bertz CT molecular complexity index is 1110. The summed E-state index contributed by atoms with van der Waals surface area (Å²) in [7, 11) is 2.10. The van der Waals surface area contributed by atoms with Gasteiger partial charge in [0.2, 0.25) is 11.2 Å². The van der Waals surface area contributed by atoms with Gasteiger partial charge in [0.25, 0.3) is 0 Å². The van der Waals surface area contributed by atoms with Crippen LogP contribution in [0.5, 0.6) is 6.01 Å². The lowest BCUT2D eigenvalue weighted by molar-refractivity contribution is -0.120. The van der Waals surface area contributed by atoms with Crippen LogP contribution in [0, 0.1) is 18.8 Å². The third-order valence-electron chi connectivity index (χ3n) is 5.14. The molecule has 2 aliphatic heterocycles. The van der Waals surface area contributed by atoms with Crippen molar-refractivity contribution in [2.75, 3.05) is 63.1 Å². The van der Waals surface area contributed by atoms with Crippen molar-refractivity contribution in [3.05, 3.63) is 17.8 Å². The lowest BCUT2D eigenvalue weighted by atomic mass is 10.3. The molecule has 0 aromatic carbocycles. The van der Waals surface area contributed by atoms with E-state index in [0.29, 0.717) is 11.6 Å². The molecule has 11 nitrogen and oxygen atoms in total. The Morgan fingerprint density at radius 2 is 2.09 bits per heavy atom. The topological polar surface area (TPSA) is 124 Å². The maximum absolute atomic E-state index is 13.0. The molecule has 2 aromatic heterocycles. The van der Waals surface area contributed by atoms with Gasteiger partial charge in [-0.05, 0) is 14.0 Å². The molecule has 34 heavy (non-hydrogen) atoms. The summed E-state index contributed by atoms with van der Waals surface area (Å²) in [6.07, 6.45) is 0. The highest BCUT2D eigenvalue weighted by Crippen LogP contribution is 2.23. The Balaban J connectivity index is 1.35. The monoisotopic (exact) mass is 487 g/mol. The highest BCUT2D eigenvalue weighted by Gasteiger charge is 2.26. The van der Waals surface area contributed by atoms with E-state index >= 15 is 0 Å². The van der Waals surface area contributed by atoms with Crippen LogP contribution in [0.25, 0.3) is 0 Å². The fourth-order valence-electron chi connectivity index (χ4n) is 3.29. The Hall–Kier alpha value is -3.37. The van der Waals surface area contributed by atoms with Crippen molar-refractivity contribution in [1.29, 1.82) is 0 Å². The molecule has 4 rings (SSSR count). The van der Waals surface area contributed by atoms with E-state index in [9.17, 15) is 9.18 Å². The average molecular weight is 488 g/mol. The van der Waals surface area contributed by atoms with E-state index in [2.05, 4.69) is 64.5 Å². The van der Waals surface area contributed by atoms with Crippen LogP contribution in [0.15, 0.2) is 17.1 Å². The molecule has 1 atom stereocenters. The van der Waals surface area contributed by atoms with Crippen molar-refractivity contribution in [3.8, 4) is 17.9 Å². The number of ether oxygens (including phenoxy) is 1. The van der Waals surface area contributed by atoms with E-state index in [-0.39, 0.29) is 31.6 Å². The fraction of sp³-hybridized carbons (Fsp3) is 0.476. The molecule has 0 bridgehead atoms. The fourth-order valence-corrected chi connectivity index (χ4v) is 4.02. The summed E-state index contributed by atoms with van der Waals surface area (Å²) in [4.78, 5) is 28.9. The van der Waals surface area contributed by atoms with Gasteiger partial charge in [-0.1, -0.05) is 23.6 Å². The smallest absolute Gasteiger partial charge is 0.321 e. The Morgan fingerprint density at radius 3 is 2.79 bits per heavy atom. The number of H-pyrrole nitrogens is 1. The summed E-state index contributed by atoms with van der Waals surface area (Å²) in [5, 5.41) is 11.8. The number of halogens is 1. The zero-order valence-corrected chi connectivity index (χ0v) is 19.8. The minimum absolute atomic E-state index is 0.0545. The summed E-state index contributed by atoms with van der Waals surface area (Å²) in [6, 6.07) is 3.94. The van der Waals surface area contributed by atoms with Gasteiger partial charge in [-0.2, -0.15) is 19.5 Å². The van der Waals surface area contributed by atoms with Crippen LogP contribution in [0.1, 0.15) is 5.69 Å². The molecule has 1 amide bonds. The number of aromatic amines is 1. The molecule has 2 aliphatic rings. The lowest BCUT2D eigenvalue weighted by Crippen LogP contribution is -2.44. The first kappa shape index (κ1) is 23.8. The third-order valence-corrected chi connectivity index (χ3v) is 6.12. The number of aryl methyl sites for hydroxylation is 1. The summed E-state index contributed by atoms with van der Waals surface area (Å²) in [5.41, 5.74) is 0.930. The van der Waals surface area contributed by atoms with Crippen LogP contribution < -0.4 is 20.3 Å². The number of carbonyl (C=O) groups is 1. The lowest BCUT2D eigenvalue weighted by Gasteiger charge is -2.33. The Labute approximate surface area is 201 Å². The summed E-state index contributed by atoms with van der Waals surface area (Å²) in [5.74, 6) is 7.33. The normalized spacial score (nSPS) is 18.1. The molecule has 4 heterocycles. The second-order valence-electron chi connectivity index (χ2n) is 7.81. The molecule has 0 saturated carbocycles. The Morgan fingerprint density at radius 1 is 1.26 bits per heavy atom. The van der Waals surface area contributed by atoms with Gasteiger partial charge >= 0.3 is 6.01 Å². The van der Waals surface area contributed by atoms with Gasteiger partial charge in [-0.25, -0.2) is 0 Å². The second kappa shape index (κ2) is 11.2. The zero-order chi connectivity index (χ0) is 23.9. The highest BCUT2D eigenvalue weighted by atomic mass is 32.2. The molecule has 180 valence electrons. The molecule has 0 aliphatic carbocycles. The first-order chi connectivity index (χ1) is 16.5. The predicted molar refractivity (Wildman–Crippen MR) is 129 cm³/mol. The molecular formula is C21H26FN9O2S. The number of rotatable bonds is 7. The first-order valence-corrected chi connectivity index (χ1v) is 11.7. The van der Waals surface area contributed by atoms with Gasteiger partial charge < -0.3 is 25.2 Å². The van der Waals surface area contributed by atoms with Crippen LogP contribution in [0.4, 0.5) is 21.8 Å². The van der Waals surface area contributed by atoms with Crippen LogP contribution >= 0.6 is 11.8 Å². The number of hydrogen-bond acceptors (Lipinski definition) is 10. The minimum Gasteiger partial charge on any atom is -0.450 e. The van der Waals surface area contributed by atoms with E-state index in [1.165, 1.54) is 0 Å². The van der Waals surface area contributed by atoms with Crippen LogP contribution in [-0.2, 0) is 4.79 Å². The van der Waals surface area contributed by atoms with E-state index in [1.54, 1.807) is 0 Å². The van der Waals surface area contributed by atoms with Crippen LogP contribution in [-0.4, -0.2) is 94.4 Å². The number of nitrogens with zero attached hydrogens (tertiary/aromatic N) is 6. The van der Waals surface area contributed by atoms with Gasteiger partial charge in [0.05, 0.1) is 13.1 Å². The zero-order valence-electron chi connectivity index (χ0n) is 19.0. The van der Waals surface area contributed by atoms with Gasteiger partial charge in [-0.3, -0.25) is 14.9 Å². The summed E-state index contributed by atoms with van der Waals surface area (Å²) in [6.45, 7) is 5.83. The largest absolute Gasteiger partial charge is 0.450 e. The number of piperazine rings is 1. The second-order valence-corrected chi connectivity index (χ2v) is 8.95. The minimum atomic E-state index is -0.560. The number of aromatic nitrogens is 4. The molecule has 0 spiro atoms. The van der Waals surface area contributed by atoms with Gasteiger partial charge in [-0.15, -0.1) is 0 Å². The van der Waals surface area contributed by atoms with E-state index < -0.39 is 10.5 Å². The predicted octanol–water partition coefficient (Wildman–Crippen LogP) is 0.943. The number of hydrogen-bond donors (Lipinski definition) is 3. The molecule has 1 fully saturated rings. The molecule has 13 heteroatoms. The van der Waals surface area contributed by atoms with Crippen molar-refractivity contribution in [3.63, 3.8) is 0 Å². The molecule has 2 aromatic rings. The molecule has 1 saturated heterocycles. The summed E-state index contributed by atoms with van der Waals surface area (Å²) < 4.78 is 18.6. The molecular weight excluding hydrogens is 461 g/mol. The molecule has 0 radical (unpaired) electrons. The SMILES string of the molecule is Cc1cc(Nc2cc(N3CCN(C)CC3)nc(OCC#CCNC(=O)C3CN=C(F)S3)n2)n[nH]1. The van der Waals surface area contributed by atoms with Gasteiger partial charge in [0.1, 0.15) is 16.9 Å². The number of amides is 1. The number of nitrogens with one attached hydrogen (secondary N) is 3. The van der Waals surface area contributed by atoms with Crippen molar-refractivity contribution in [1.82, 2.24) is 30.4 Å². The van der Waals surface area contributed by atoms with Gasteiger partial charge in [0, 0.05) is 44.0 Å². The number of likely N-dealkylation sites (N-methyl/N-ethyl adjacent to an activating group) is 1. The van der Waals surface area contributed by atoms with Crippen LogP contribution in [0.3, 0.4) is 0 Å². The van der Waals surface area contributed by atoms with E-state index in [4.69, 9.17) is 4.74 Å². The van der Waals surface area contributed by atoms with Crippen LogP contribution in [0.2, 0.25) is 0 Å². The standard InChI is InChI=1S/C21H26FN9O2S/c1-14-11-17(29-28-14)25-16-12-18(31-8-6-30(2)7-9-31)27-21(26-16)33-10-4-3-5-23-19(32)15-13-24-20(22)34-15/h11-12,15H,5-10,13H2,1-2H3,(H,23,32)(H2,25,26,27,28,29). The molecule has 3 N–H and O–H groups in total. The van der Waals surface area contributed by atoms with Crippen molar-refractivity contribution in [2.45, 2.75) is 12.2 Å². The van der Waals surface area contributed by atoms with Crippen molar-refractivity contribution in [2.24, 2.45) is 4.99 Å². The van der Waals surface area contributed by atoms with E-state index in [0.717, 1.165) is 49.5 Å². The highest BCUT2D eigenvalue weighted by molar-refractivity contribution is 8.14. The van der Waals surface area contributed by atoms with Crippen molar-refractivity contribution >= 4 is 40.4 Å². The average Bonchev–Trinajstić information content (AvgIpc) is 3.44. The summed E-state index contributed by atoms with van der Waals surface area (Å²) >= 11 is 0.818. The molecule has 1 unspecified atom stereocenters. The first-order valence-electron chi connectivity index (χ1n) is 10.8. The third kappa shape index (κ3) is 6.58. The number of aliphatic imine (C=N–C) groups is 1. The maximum Gasteiger partial charge on any atom is 0.321 e. The number of carbonyl (C=O) groups excluding carboxylic acids is 1. The quantitative estimate of drug-likeness (QED) is 0.490. The van der Waals surface area contributed by atoms with Crippen molar-refractivity contribution < 1.29 is 13.9 Å². The van der Waals surface area contributed by atoms with Gasteiger partial charge in [0.15, 0.2) is 12.4 Å². The maximum atomic E-state index is 13.0. The number of thioether (sulfide) groups is 1.